The number of carbonyl (C=O) groups is 1. The second-order valence-corrected chi connectivity index (χ2v) is 8.38. The third kappa shape index (κ3) is 4.02. The van der Waals surface area contributed by atoms with Crippen molar-refractivity contribution in [1.82, 2.24) is 10.3 Å². The first-order valence-electron chi connectivity index (χ1n) is 7.09. The summed E-state index contributed by atoms with van der Waals surface area (Å²) in [4.78, 5) is 17.5. The average Bonchev–Trinajstić information content (AvgIpc) is 2.98. The van der Waals surface area contributed by atoms with E-state index < -0.39 is 9.84 Å². The quantitative estimate of drug-likeness (QED) is 0.847. The van der Waals surface area contributed by atoms with Gasteiger partial charge in [-0.2, -0.15) is 0 Å². The molecule has 1 amide bonds. The molecule has 1 saturated heterocycles. The van der Waals surface area contributed by atoms with Gasteiger partial charge in [0.2, 0.25) is 5.91 Å². The topological polar surface area (TPSA) is 79.4 Å². The Bertz CT molecular complexity index is 598. The molecule has 1 aliphatic rings. The van der Waals surface area contributed by atoms with E-state index in [2.05, 4.69) is 10.3 Å². The van der Waals surface area contributed by atoms with Gasteiger partial charge in [-0.15, -0.1) is 11.3 Å². The third-order valence-corrected chi connectivity index (χ3v) is 6.80. The van der Waals surface area contributed by atoms with Crippen LogP contribution in [-0.4, -0.2) is 43.4 Å². The van der Waals surface area contributed by atoms with E-state index in [1.54, 1.807) is 4.90 Å². The smallest absolute Gasteiger partial charge is 0.225 e. The molecule has 0 aliphatic carbocycles. The van der Waals surface area contributed by atoms with Crippen molar-refractivity contribution in [1.29, 1.82) is 0 Å². The first-order valence-corrected chi connectivity index (χ1v) is 9.68. The van der Waals surface area contributed by atoms with Crippen molar-refractivity contribution in [2.45, 2.75) is 38.5 Å². The second-order valence-electron chi connectivity index (χ2n) is 5.15. The number of anilines is 1. The highest BCUT2D eigenvalue weighted by Gasteiger charge is 2.30. The molecule has 0 saturated carbocycles. The highest BCUT2D eigenvalue weighted by atomic mass is 32.2. The third-order valence-electron chi connectivity index (χ3n) is 3.61. The molecule has 0 spiro atoms. The zero-order valence-electron chi connectivity index (χ0n) is 12.3. The summed E-state index contributed by atoms with van der Waals surface area (Å²) in [5.74, 6) is 0.285. The van der Waals surface area contributed by atoms with Crippen molar-refractivity contribution < 1.29 is 13.2 Å². The van der Waals surface area contributed by atoms with Crippen LogP contribution < -0.4 is 10.2 Å². The number of amides is 1. The van der Waals surface area contributed by atoms with Gasteiger partial charge in [-0.05, 0) is 19.8 Å². The second kappa shape index (κ2) is 6.85. The molecule has 1 fully saturated rings. The predicted molar refractivity (Wildman–Crippen MR) is 84.3 cm³/mol. The van der Waals surface area contributed by atoms with Crippen molar-refractivity contribution in [2.75, 3.05) is 23.7 Å². The van der Waals surface area contributed by atoms with Gasteiger partial charge in [0, 0.05) is 31.9 Å². The summed E-state index contributed by atoms with van der Waals surface area (Å²) in [5.41, 5.74) is 0.838. The lowest BCUT2D eigenvalue weighted by atomic mass is 10.2. The first kappa shape index (κ1) is 16.4. The Morgan fingerprint density at radius 1 is 1.57 bits per heavy atom. The van der Waals surface area contributed by atoms with Crippen LogP contribution in [0.1, 0.15) is 32.4 Å². The Kier molecular flexibility index (Phi) is 5.34. The minimum absolute atomic E-state index is 0.0246. The number of aromatic nitrogens is 1. The van der Waals surface area contributed by atoms with Gasteiger partial charge >= 0.3 is 0 Å². The van der Waals surface area contributed by atoms with Crippen molar-refractivity contribution in [3.63, 3.8) is 0 Å². The SMILES string of the molecule is CCN(C(C)=O)c1nc(CNCC2CCCS2(=O)=O)cs1. The van der Waals surface area contributed by atoms with E-state index in [0.717, 1.165) is 18.5 Å². The van der Waals surface area contributed by atoms with E-state index in [-0.39, 0.29) is 11.2 Å². The molecule has 0 bridgehead atoms. The standard InChI is InChI=1S/C13H21N3O3S2/c1-3-16(10(2)17)13-15-11(9-20-13)7-14-8-12-5-4-6-21(12,18)19/h9,12,14H,3-8H2,1-2H3. The predicted octanol–water partition coefficient (Wildman–Crippen LogP) is 1.18. The highest BCUT2D eigenvalue weighted by molar-refractivity contribution is 7.92. The lowest BCUT2D eigenvalue weighted by Gasteiger charge is -2.14. The van der Waals surface area contributed by atoms with Crippen LogP contribution in [0, 0.1) is 0 Å². The maximum absolute atomic E-state index is 11.7. The van der Waals surface area contributed by atoms with Crippen LogP contribution in [-0.2, 0) is 21.2 Å². The Morgan fingerprint density at radius 3 is 2.90 bits per heavy atom. The summed E-state index contributed by atoms with van der Waals surface area (Å²) in [7, 11) is -2.90. The van der Waals surface area contributed by atoms with E-state index in [1.165, 1.54) is 18.3 Å². The molecule has 1 unspecified atom stereocenters. The van der Waals surface area contributed by atoms with Gasteiger partial charge in [-0.3, -0.25) is 9.69 Å². The number of carbonyl (C=O) groups excluding carboxylic acids is 1. The molecule has 8 heteroatoms. The van der Waals surface area contributed by atoms with E-state index in [1.807, 2.05) is 12.3 Å². The maximum Gasteiger partial charge on any atom is 0.225 e. The Labute approximate surface area is 129 Å². The monoisotopic (exact) mass is 331 g/mol. The molecule has 2 heterocycles. The molecule has 2 rings (SSSR count). The van der Waals surface area contributed by atoms with Crippen molar-refractivity contribution in [2.24, 2.45) is 0 Å². The maximum atomic E-state index is 11.7. The molecule has 0 radical (unpaired) electrons. The van der Waals surface area contributed by atoms with Gasteiger partial charge in [-0.1, -0.05) is 0 Å². The Morgan fingerprint density at radius 2 is 2.33 bits per heavy atom. The zero-order valence-corrected chi connectivity index (χ0v) is 14.0. The van der Waals surface area contributed by atoms with E-state index >= 15 is 0 Å². The molecular weight excluding hydrogens is 310 g/mol. The van der Waals surface area contributed by atoms with Crippen molar-refractivity contribution >= 4 is 32.2 Å². The number of rotatable bonds is 6. The summed E-state index contributed by atoms with van der Waals surface area (Å²) in [6.07, 6.45) is 1.51. The van der Waals surface area contributed by atoms with Gasteiger partial charge in [0.25, 0.3) is 0 Å². The molecular formula is C13H21N3O3S2. The Hall–Kier alpha value is -0.990. The fourth-order valence-electron chi connectivity index (χ4n) is 2.44. The van der Waals surface area contributed by atoms with Crippen LogP contribution in [0.4, 0.5) is 5.13 Å². The lowest BCUT2D eigenvalue weighted by Crippen LogP contribution is -2.30. The van der Waals surface area contributed by atoms with Crippen LogP contribution in [0.15, 0.2) is 5.38 Å². The van der Waals surface area contributed by atoms with Crippen LogP contribution in [0.3, 0.4) is 0 Å². The summed E-state index contributed by atoms with van der Waals surface area (Å²) >= 11 is 1.43. The minimum atomic E-state index is -2.90. The summed E-state index contributed by atoms with van der Waals surface area (Å²) < 4.78 is 23.4. The number of thiazole rings is 1. The molecule has 21 heavy (non-hydrogen) atoms. The molecule has 6 nitrogen and oxygen atoms in total. The zero-order chi connectivity index (χ0) is 15.5. The average molecular weight is 331 g/mol. The normalized spacial score (nSPS) is 20.6. The molecule has 1 aromatic rings. The summed E-state index contributed by atoms with van der Waals surface area (Å²) in [5, 5.41) is 5.49. The van der Waals surface area contributed by atoms with Gasteiger partial charge in [-0.25, -0.2) is 13.4 Å². The van der Waals surface area contributed by atoms with Gasteiger partial charge < -0.3 is 5.32 Å². The molecule has 0 aromatic carbocycles. The highest BCUT2D eigenvalue weighted by Crippen LogP contribution is 2.21. The number of hydrogen-bond donors (Lipinski definition) is 1. The fourth-order valence-corrected chi connectivity index (χ4v) is 5.18. The number of hydrogen-bond acceptors (Lipinski definition) is 6. The van der Waals surface area contributed by atoms with Crippen molar-refractivity contribution in [3.8, 4) is 0 Å². The first-order chi connectivity index (χ1) is 9.94. The summed E-state index contributed by atoms with van der Waals surface area (Å²) in [6, 6.07) is 0. The van der Waals surface area contributed by atoms with Gasteiger partial charge in [0.1, 0.15) is 0 Å². The summed E-state index contributed by atoms with van der Waals surface area (Å²) in [6.45, 7) is 5.02. The van der Waals surface area contributed by atoms with Crippen LogP contribution in [0.5, 0.6) is 0 Å². The lowest BCUT2D eigenvalue weighted by molar-refractivity contribution is -0.116. The molecule has 1 aliphatic heterocycles. The van der Waals surface area contributed by atoms with Gasteiger partial charge in [0.05, 0.1) is 16.7 Å². The van der Waals surface area contributed by atoms with Crippen LogP contribution >= 0.6 is 11.3 Å². The number of sulfone groups is 1. The minimum Gasteiger partial charge on any atom is -0.310 e. The van der Waals surface area contributed by atoms with Crippen molar-refractivity contribution in [3.05, 3.63) is 11.1 Å². The van der Waals surface area contributed by atoms with Crippen LogP contribution in [0.25, 0.3) is 0 Å². The molecule has 1 atom stereocenters. The Balaban J connectivity index is 1.87. The van der Waals surface area contributed by atoms with E-state index in [4.69, 9.17) is 0 Å². The van der Waals surface area contributed by atoms with Crippen LogP contribution in [0.2, 0.25) is 0 Å². The number of nitrogens with one attached hydrogen (secondary N) is 1. The molecule has 1 N–H and O–H groups in total. The van der Waals surface area contributed by atoms with E-state index in [9.17, 15) is 13.2 Å². The molecule has 118 valence electrons. The largest absolute Gasteiger partial charge is 0.310 e. The van der Waals surface area contributed by atoms with E-state index in [0.29, 0.717) is 30.5 Å². The molecule has 1 aromatic heterocycles. The van der Waals surface area contributed by atoms with Gasteiger partial charge in [0.15, 0.2) is 15.0 Å². The fraction of sp³-hybridized carbons (Fsp3) is 0.692. The number of nitrogens with zero attached hydrogens (tertiary/aromatic N) is 2.